The van der Waals surface area contributed by atoms with Crippen molar-refractivity contribution in [2.45, 2.75) is 11.4 Å². The highest BCUT2D eigenvalue weighted by Gasteiger charge is 2.21. The quantitative estimate of drug-likeness (QED) is 0.646. The van der Waals surface area contributed by atoms with Gasteiger partial charge in [0.1, 0.15) is 5.82 Å². The number of nitrogen functional groups attached to an aromatic ring is 1. The first-order chi connectivity index (χ1) is 9.93. The molecule has 0 spiro atoms. The molecule has 21 heavy (non-hydrogen) atoms. The molecule has 0 fully saturated rings. The van der Waals surface area contributed by atoms with Gasteiger partial charge in [-0.2, -0.15) is 4.31 Å². The first-order valence-electron chi connectivity index (χ1n) is 6.07. The minimum Gasteiger partial charge on any atom is -0.308 e. The van der Waals surface area contributed by atoms with Crippen LogP contribution in [0.5, 0.6) is 0 Å². The van der Waals surface area contributed by atoms with E-state index in [2.05, 4.69) is 10.4 Å². The minimum absolute atomic E-state index is 0.127. The van der Waals surface area contributed by atoms with E-state index in [1.54, 1.807) is 24.3 Å². The SMILES string of the molecule is CN(Cc1ccc(Cl)cc1)S(=O)(=O)c1ccnc(NN)c1. The van der Waals surface area contributed by atoms with Crippen molar-refractivity contribution in [3.8, 4) is 0 Å². The Kier molecular flexibility index (Phi) is 4.79. The third kappa shape index (κ3) is 3.70. The van der Waals surface area contributed by atoms with Crippen molar-refractivity contribution in [2.75, 3.05) is 12.5 Å². The third-order valence-corrected chi connectivity index (χ3v) is 4.96. The maximum absolute atomic E-state index is 12.5. The van der Waals surface area contributed by atoms with Gasteiger partial charge >= 0.3 is 0 Å². The molecule has 3 N–H and O–H groups in total. The Labute approximate surface area is 128 Å². The number of pyridine rings is 1. The van der Waals surface area contributed by atoms with E-state index in [4.69, 9.17) is 17.4 Å². The number of rotatable bonds is 5. The van der Waals surface area contributed by atoms with Crippen LogP contribution in [-0.2, 0) is 16.6 Å². The van der Waals surface area contributed by atoms with Crippen molar-refractivity contribution in [2.24, 2.45) is 5.84 Å². The fourth-order valence-corrected chi connectivity index (χ4v) is 3.06. The standard InChI is InChI=1S/C13H15ClN4O2S/c1-18(9-10-2-4-11(14)5-3-10)21(19,20)12-6-7-16-13(8-12)17-15/h2-8H,9,15H2,1H3,(H,16,17). The van der Waals surface area contributed by atoms with E-state index in [-0.39, 0.29) is 17.3 Å². The molecule has 2 aromatic rings. The van der Waals surface area contributed by atoms with Gasteiger partial charge in [0.2, 0.25) is 10.0 Å². The second-order valence-electron chi connectivity index (χ2n) is 4.41. The van der Waals surface area contributed by atoms with Crippen molar-refractivity contribution in [3.05, 3.63) is 53.2 Å². The molecule has 2 rings (SSSR count). The zero-order valence-electron chi connectivity index (χ0n) is 11.3. The fraction of sp³-hybridized carbons (Fsp3) is 0.154. The average Bonchev–Trinajstić information content (AvgIpc) is 2.49. The first kappa shape index (κ1) is 15.7. The van der Waals surface area contributed by atoms with Gasteiger partial charge in [0.25, 0.3) is 0 Å². The van der Waals surface area contributed by atoms with Crippen molar-refractivity contribution >= 4 is 27.4 Å². The number of hydrogen-bond donors (Lipinski definition) is 2. The Bertz CT molecular complexity index is 719. The normalized spacial score (nSPS) is 11.6. The molecule has 0 saturated heterocycles. The van der Waals surface area contributed by atoms with Crippen LogP contribution in [0.2, 0.25) is 5.02 Å². The molecule has 0 unspecified atom stereocenters. The molecular formula is C13H15ClN4O2S. The summed E-state index contributed by atoms with van der Waals surface area (Å²) >= 11 is 5.81. The zero-order chi connectivity index (χ0) is 15.5. The number of nitrogens with zero attached hydrogens (tertiary/aromatic N) is 2. The highest BCUT2D eigenvalue weighted by Crippen LogP contribution is 2.19. The van der Waals surface area contributed by atoms with Crippen LogP contribution in [0, 0.1) is 0 Å². The average molecular weight is 327 g/mol. The maximum Gasteiger partial charge on any atom is 0.243 e. The molecule has 8 heteroatoms. The van der Waals surface area contributed by atoms with E-state index in [0.717, 1.165) is 5.56 Å². The molecule has 0 atom stereocenters. The number of nitrogens with two attached hydrogens (primary N) is 1. The lowest BCUT2D eigenvalue weighted by Gasteiger charge is -2.17. The summed E-state index contributed by atoms with van der Waals surface area (Å²) in [5, 5.41) is 0.608. The van der Waals surface area contributed by atoms with Gasteiger partial charge in [-0.3, -0.25) is 0 Å². The van der Waals surface area contributed by atoms with Gasteiger partial charge in [0.15, 0.2) is 0 Å². The van der Waals surface area contributed by atoms with Crippen molar-refractivity contribution in [1.29, 1.82) is 0 Å². The minimum atomic E-state index is -3.62. The van der Waals surface area contributed by atoms with Crippen molar-refractivity contribution in [1.82, 2.24) is 9.29 Å². The molecule has 1 aromatic carbocycles. The van der Waals surface area contributed by atoms with Gasteiger partial charge in [0.05, 0.1) is 4.90 Å². The van der Waals surface area contributed by atoms with Crippen LogP contribution in [0.25, 0.3) is 0 Å². The Hall–Kier alpha value is -1.67. The second kappa shape index (κ2) is 6.40. The lowest BCUT2D eigenvalue weighted by atomic mass is 10.2. The predicted octanol–water partition coefficient (Wildman–Crippen LogP) is 1.84. The highest BCUT2D eigenvalue weighted by atomic mass is 35.5. The van der Waals surface area contributed by atoms with Crippen LogP contribution in [0.4, 0.5) is 5.82 Å². The van der Waals surface area contributed by atoms with Gasteiger partial charge in [-0.25, -0.2) is 19.2 Å². The molecule has 1 aromatic heterocycles. The lowest BCUT2D eigenvalue weighted by molar-refractivity contribution is 0.466. The van der Waals surface area contributed by atoms with Crippen LogP contribution in [0.1, 0.15) is 5.56 Å². The van der Waals surface area contributed by atoms with Crippen molar-refractivity contribution < 1.29 is 8.42 Å². The van der Waals surface area contributed by atoms with E-state index in [1.165, 1.54) is 29.7 Å². The first-order valence-corrected chi connectivity index (χ1v) is 7.89. The monoisotopic (exact) mass is 326 g/mol. The Morgan fingerprint density at radius 1 is 1.29 bits per heavy atom. The number of nitrogens with one attached hydrogen (secondary N) is 1. The summed E-state index contributed by atoms with van der Waals surface area (Å²) in [6.07, 6.45) is 1.39. The number of halogens is 1. The molecule has 112 valence electrons. The summed E-state index contributed by atoms with van der Waals surface area (Å²) in [5.41, 5.74) is 3.17. The number of hydrogen-bond acceptors (Lipinski definition) is 5. The molecule has 0 aliphatic carbocycles. The molecule has 0 bridgehead atoms. The summed E-state index contributed by atoms with van der Waals surface area (Å²) in [7, 11) is -2.10. The van der Waals surface area contributed by atoms with Gasteiger partial charge < -0.3 is 5.43 Å². The Morgan fingerprint density at radius 3 is 2.57 bits per heavy atom. The lowest BCUT2D eigenvalue weighted by Crippen LogP contribution is -2.26. The van der Waals surface area contributed by atoms with Crippen LogP contribution in [-0.4, -0.2) is 24.8 Å². The third-order valence-electron chi connectivity index (χ3n) is 2.91. The molecule has 1 heterocycles. The highest BCUT2D eigenvalue weighted by molar-refractivity contribution is 7.89. The van der Waals surface area contributed by atoms with E-state index >= 15 is 0 Å². The summed E-state index contributed by atoms with van der Waals surface area (Å²) < 4.78 is 26.2. The zero-order valence-corrected chi connectivity index (χ0v) is 12.9. The number of sulfonamides is 1. The van der Waals surface area contributed by atoms with E-state index < -0.39 is 10.0 Å². The van der Waals surface area contributed by atoms with Gasteiger partial charge in [-0.1, -0.05) is 23.7 Å². The van der Waals surface area contributed by atoms with Crippen molar-refractivity contribution in [3.63, 3.8) is 0 Å². The van der Waals surface area contributed by atoms with Gasteiger partial charge in [0, 0.05) is 30.9 Å². The van der Waals surface area contributed by atoms with Gasteiger partial charge in [-0.05, 0) is 23.8 Å². The number of hydrazine groups is 1. The summed E-state index contributed by atoms with van der Waals surface area (Å²) in [6.45, 7) is 0.243. The van der Waals surface area contributed by atoms with Gasteiger partial charge in [-0.15, -0.1) is 0 Å². The maximum atomic E-state index is 12.5. The largest absolute Gasteiger partial charge is 0.308 e. The molecule has 0 amide bonds. The van der Waals surface area contributed by atoms with Crippen LogP contribution in [0.3, 0.4) is 0 Å². The predicted molar refractivity (Wildman–Crippen MR) is 82.2 cm³/mol. The molecule has 0 aliphatic heterocycles. The van der Waals surface area contributed by atoms with Crippen LogP contribution >= 0.6 is 11.6 Å². The molecule has 0 radical (unpaired) electrons. The smallest absolute Gasteiger partial charge is 0.243 e. The number of aromatic nitrogens is 1. The second-order valence-corrected chi connectivity index (χ2v) is 6.89. The molecule has 6 nitrogen and oxygen atoms in total. The molecule has 0 aliphatic rings. The van der Waals surface area contributed by atoms with E-state index in [0.29, 0.717) is 5.02 Å². The summed E-state index contributed by atoms with van der Waals surface area (Å²) in [6, 6.07) is 9.82. The van der Waals surface area contributed by atoms with E-state index in [9.17, 15) is 8.42 Å². The Morgan fingerprint density at radius 2 is 1.95 bits per heavy atom. The van der Waals surface area contributed by atoms with Crippen LogP contribution in [0.15, 0.2) is 47.5 Å². The summed E-state index contributed by atoms with van der Waals surface area (Å²) in [5.74, 6) is 5.53. The topological polar surface area (TPSA) is 88.3 Å². The summed E-state index contributed by atoms with van der Waals surface area (Å²) in [4.78, 5) is 4.02. The Balaban J connectivity index is 2.23. The van der Waals surface area contributed by atoms with Crippen LogP contribution < -0.4 is 11.3 Å². The molecule has 0 saturated carbocycles. The van der Waals surface area contributed by atoms with E-state index in [1.807, 2.05) is 0 Å². The molecular weight excluding hydrogens is 312 g/mol. The fourth-order valence-electron chi connectivity index (χ4n) is 1.76. The number of benzene rings is 1. The number of anilines is 1.